The zero-order valence-electron chi connectivity index (χ0n) is 17.5. The lowest BCUT2D eigenvalue weighted by atomic mass is 9.95. The fourth-order valence-corrected chi connectivity index (χ4v) is 5.06. The molecule has 2 aromatic carbocycles. The number of nitrogens with one attached hydrogen (secondary N) is 1. The van der Waals surface area contributed by atoms with E-state index in [-0.39, 0.29) is 17.9 Å². The Morgan fingerprint density at radius 2 is 1.78 bits per heavy atom. The van der Waals surface area contributed by atoms with E-state index in [0.717, 1.165) is 42.7 Å². The zero-order chi connectivity index (χ0) is 22.9. The highest BCUT2D eigenvalue weighted by Crippen LogP contribution is 2.42. The number of hydrogen-bond donors (Lipinski definition) is 1. The van der Waals surface area contributed by atoms with Crippen LogP contribution in [0.15, 0.2) is 52.3 Å². The highest BCUT2D eigenvalue weighted by atomic mass is 32.2. The lowest BCUT2D eigenvalue weighted by Crippen LogP contribution is -2.36. The van der Waals surface area contributed by atoms with Gasteiger partial charge in [0.15, 0.2) is 0 Å². The summed E-state index contributed by atoms with van der Waals surface area (Å²) in [5, 5.41) is 3.08. The molecule has 1 saturated carbocycles. The van der Waals surface area contributed by atoms with Crippen LogP contribution in [0.2, 0.25) is 0 Å². The van der Waals surface area contributed by atoms with Crippen LogP contribution in [0.25, 0.3) is 6.08 Å². The third-order valence-electron chi connectivity index (χ3n) is 5.79. The molecule has 2 aromatic rings. The van der Waals surface area contributed by atoms with E-state index in [0.29, 0.717) is 21.7 Å². The Labute approximate surface area is 188 Å². The number of thioether (sulfide) groups is 1. The molecule has 0 atom stereocenters. The van der Waals surface area contributed by atoms with Crippen molar-refractivity contribution < 1.29 is 22.8 Å². The highest BCUT2D eigenvalue weighted by molar-refractivity contribution is 8.04. The van der Waals surface area contributed by atoms with Crippen LogP contribution in [0.4, 0.5) is 18.9 Å². The molecule has 4 nitrogen and oxygen atoms in total. The summed E-state index contributed by atoms with van der Waals surface area (Å²) in [7, 11) is 1.63. The summed E-state index contributed by atoms with van der Waals surface area (Å²) < 4.78 is 38.3. The number of alkyl halides is 3. The van der Waals surface area contributed by atoms with Crippen LogP contribution in [0, 0.1) is 0 Å². The summed E-state index contributed by atoms with van der Waals surface area (Å²) in [6, 6.07) is 10.1. The van der Waals surface area contributed by atoms with Gasteiger partial charge in [-0.3, -0.25) is 9.59 Å². The van der Waals surface area contributed by atoms with Crippen LogP contribution in [0.1, 0.15) is 53.6 Å². The van der Waals surface area contributed by atoms with E-state index in [1.54, 1.807) is 31.3 Å². The SMILES string of the molecule is CN1C(=O)/C(=C/c2ccc(C(F)(F)F)cc2)Sc2ccc(C(=O)NC3CCCCC3)cc21. The third kappa shape index (κ3) is 4.85. The van der Waals surface area contributed by atoms with Gasteiger partial charge in [0.1, 0.15) is 0 Å². The Bertz CT molecular complexity index is 1060. The lowest BCUT2D eigenvalue weighted by molar-refractivity contribution is -0.137. The number of hydrogen-bond acceptors (Lipinski definition) is 3. The van der Waals surface area contributed by atoms with Crippen molar-refractivity contribution in [2.45, 2.75) is 49.2 Å². The number of rotatable bonds is 3. The largest absolute Gasteiger partial charge is 0.416 e. The Balaban J connectivity index is 1.53. The number of nitrogens with zero attached hydrogens (tertiary/aromatic N) is 1. The molecule has 32 heavy (non-hydrogen) atoms. The normalized spacial score (nSPS) is 18.6. The number of carbonyl (C=O) groups excluding carboxylic acids is 2. The maximum atomic E-state index is 12.9. The molecule has 0 spiro atoms. The summed E-state index contributed by atoms with van der Waals surface area (Å²) in [5.41, 5.74) is 0.920. The summed E-state index contributed by atoms with van der Waals surface area (Å²) in [6.07, 6.45) is 2.61. The van der Waals surface area contributed by atoms with Crippen LogP contribution in [0.5, 0.6) is 0 Å². The fraction of sp³-hybridized carbons (Fsp3) is 0.333. The van der Waals surface area contributed by atoms with Crippen molar-refractivity contribution in [3.05, 3.63) is 64.1 Å². The monoisotopic (exact) mass is 460 g/mol. The topological polar surface area (TPSA) is 49.4 Å². The van der Waals surface area contributed by atoms with E-state index in [9.17, 15) is 22.8 Å². The van der Waals surface area contributed by atoms with Gasteiger partial charge in [-0.25, -0.2) is 0 Å². The quantitative estimate of drug-likeness (QED) is 0.582. The molecule has 2 amide bonds. The van der Waals surface area contributed by atoms with Crippen LogP contribution >= 0.6 is 11.8 Å². The second kappa shape index (κ2) is 9.02. The molecule has 0 radical (unpaired) electrons. The minimum atomic E-state index is -4.40. The van der Waals surface area contributed by atoms with Gasteiger partial charge in [0.05, 0.1) is 16.2 Å². The molecular weight excluding hydrogens is 437 g/mol. The van der Waals surface area contributed by atoms with Gasteiger partial charge in [-0.05, 0) is 54.8 Å². The van der Waals surface area contributed by atoms with Crippen LogP contribution in [-0.4, -0.2) is 24.9 Å². The van der Waals surface area contributed by atoms with E-state index in [2.05, 4.69) is 5.32 Å². The maximum Gasteiger partial charge on any atom is 0.416 e. The van der Waals surface area contributed by atoms with Crippen molar-refractivity contribution in [1.29, 1.82) is 0 Å². The molecule has 0 unspecified atom stereocenters. The second-order valence-corrected chi connectivity index (χ2v) is 9.17. The van der Waals surface area contributed by atoms with Crippen LogP contribution in [-0.2, 0) is 11.0 Å². The average molecular weight is 461 g/mol. The first kappa shape index (κ1) is 22.5. The predicted octanol–water partition coefficient (Wildman–Crippen LogP) is 5.88. The van der Waals surface area contributed by atoms with Gasteiger partial charge in [0, 0.05) is 23.5 Å². The Hall–Kier alpha value is -2.74. The van der Waals surface area contributed by atoms with Crippen LogP contribution < -0.4 is 10.2 Å². The van der Waals surface area contributed by atoms with E-state index in [1.165, 1.54) is 35.2 Å². The molecule has 4 rings (SSSR count). The fourth-order valence-electron chi connectivity index (χ4n) is 3.97. The van der Waals surface area contributed by atoms with Gasteiger partial charge < -0.3 is 10.2 Å². The van der Waals surface area contributed by atoms with Crippen molar-refractivity contribution in [2.24, 2.45) is 0 Å². The van der Waals surface area contributed by atoms with E-state index in [4.69, 9.17) is 0 Å². The molecule has 1 N–H and O–H groups in total. The molecular formula is C24H23F3N2O2S. The number of amides is 2. The Morgan fingerprint density at radius 3 is 2.44 bits per heavy atom. The first-order valence-corrected chi connectivity index (χ1v) is 11.3. The molecule has 0 saturated heterocycles. The van der Waals surface area contributed by atoms with Crippen molar-refractivity contribution in [3.63, 3.8) is 0 Å². The van der Waals surface area contributed by atoms with Crippen molar-refractivity contribution in [2.75, 3.05) is 11.9 Å². The summed E-state index contributed by atoms with van der Waals surface area (Å²) >= 11 is 1.25. The molecule has 0 aromatic heterocycles. The van der Waals surface area contributed by atoms with Gasteiger partial charge in [0.2, 0.25) is 0 Å². The van der Waals surface area contributed by atoms with Crippen LogP contribution in [0.3, 0.4) is 0 Å². The average Bonchev–Trinajstić information content (AvgIpc) is 2.77. The van der Waals surface area contributed by atoms with Crippen molar-refractivity contribution in [1.82, 2.24) is 5.32 Å². The molecule has 1 fully saturated rings. The van der Waals surface area contributed by atoms with Gasteiger partial charge in [0.25, 0.3) is 11.8 Å². The number of carbonyl (C=O) groups is 2. The number of anilines is 1. The van der Waals surface area contributed by atoms with Gasteiger partial charge in [-0.2, -0.15) is 13.2 Å². The molecule has 1 aliphatic heterocycles. The number of benzene rings is 2. The second-order valence-electron chi connectivity index (χ2n) is 8.09. The molecule has 2 aliphatic rings. The molecule has 1 heterocycles. The first-order chi connectivity index (χ1) is 15.2. The zero-order valence-corrected chi connectivity index (χ0v) is 18.4. The predicted molar refractivity (Wildman–Crippen MR) is 119 cm³/mol. The summed E-state index contributed by atoms with van der Waals surface area (Å²) in [4.78, 5) is 28.2. The third-order valence-corrected chi connectivity index (χ3v) is 6.87. The highest BCUT2D eigenvalue weighted by Gasteiger charge is 2.30. The lowest BCUT2D eigenvalue weighted by Gasteiger charge is -2.28. The van der Waals surface area contributed by atoms with Crippen molar-refractivity contribution >= 4 is 35.3 Å². The summed E-state index contributed by atoms with van der Waals surface area (Å²) in [5.74, 6) is -0.413. The molecule has 0 bridgehead atoms. The maximum absolute atomic E-state index is 12.9. The van der Waals surface area contributed by atoms with Gasteiger partial charge in [-0.15, -0.1) is 0 Å². The first-order valence-electron chi connectivity index (χ1n) is 10.5. The summed E-state index contributed by atoms with van der Waals surface area (Å²) in [6.45, 7) is 0. The Morgan fingerprint density at radius 1 is 1.09 bits per heavy atom. The molecule has 1 aliphatic carbocycles. The number of likely N-dealkylation sites (N-methyl/N-ethyl adjacent to an activating group) is 1. The molecule has 8 heteroatoms. The molecule has 168 valence electrons. The minimum absolute atomic E-state index is 0.142. The van der Waals surface area contributed by atoms with E-state index < -0.39 is 11.7 Å². The van der Waals surface area contributed by atoms with E-state index in [1.807, 2.05) is 0 Å². The van der Waals surface area contributed by atoms with Crippen molar-refractivity contribution in [3.8, 4) is 0 Å². The Kier molecular flexibility index (Phi) is 6.33. The van der Waals surface area contributed by atoms with Gasteiger partial charge in [-0.1, -0.05) is 43.2 Å². The number of fused-ring (bicyclic) bond motifs is 1. The minimum Gasteiger partial charge on any atom is -0.349 e. The van der Waals surface area contributed by atoms with E-state index >= 15 is 0 Å². The number of halogens is 3. The smallest absolute Gasteiger partial charge is 0.349 e. The van der Waals surface area contributed by atoms with Gasteiger partial charge >= 0.3 is 6.18 Å². The standard InChI is InChI=1S/C24H23F3N2O2S/c1-29-19-14-16(22(30)28-18-5-3-2-4-6-18)9-12-20(19)32-21(23(29)31)13-15-7-10-17(11-8-15)24(25,26)27/h7-14,18H,2-6H2,1H3,(H,28,30)/b21-13-.